The molecule has 1 aliphatic heterocycles. The van der Waals surface area contributed by atoms with Crippen LogP contribution in [0.2, 0.25) is 0 Å². The Kier molecular flexibility index (Phi) is 6.13. The van der Waals surface area contributed by atoms with Gasteiger partial charge in [-0.1, -0.05) is 41.0 Å². The lowest BCUT2D eigenvalue weighted by Gasteiger charge is -2.43. The first-order chi connectivity index (χ1) is 8.37. The molecule has 2 atom stereocenters. The molecule has 0 amide bonds. The molecular weight excluding hydrogens is 222 g/mol. The van der Waals surface area contributed by atoms with E-state index in [0.29, 0.717) is 17.9 Å². The normalized spacial score (nSPS) is 26.0. The van der Waals surface area contributed by atoms with E-state index in [4.69, 9.17) is 0 Å². The van der Waals surface area contributed by atoms with E-state index in [1.807, 2.05) is 0 Å². The summed E-state index contributed by atoms with van der Waals surface area (Å²) in [5.41, 5.74) is -0.518. The first-order valence-electron chi connectivity index (χ1n) is 7.83. The van der Waals surface area contributed by atoms with Gasteiger partial charge in [0.1, 0.15) is 0 Å². The van der Waals surface area contributed by atoms with Crippen LogP contribution in [0, 0.1) is 17.8 Å². The average Bonchev–Trinajstić information content (AvgIpc) is 2.27. The monoisotopic (exact) mass is 255 g/mol. The Morgan fingerprint density at radius 2 is 1.72 bits per heavy atom. The van der Waals surface area contributed by atoms with Crippen molar-refractivity contribution in [2.45, 2.75) is 78.4 Å². The Bertz CT molecular complexity index is 227. The standard InChI is InChI=1S/C16H33NO/c1-6-14-7-8-17-15(9-14)16(18,10-12(2)3)11-13(4)5/h12-15,17-18H,6-11H2,1-5H3. The zero-order chi connectivity index (χ0) is 13.8. The van der Waals surface area contributed by atoms with Gasteiger partial charge in [0.25, 0.3) is 0 Å². The highest BCUT2D eigenvalue weighted by Gasteiger charge is 2.39. The van der Waals surface area contributed by atoms with E-state index >= 15 is 0 Å². The minimum absolute atomic E-state index is 0.293. The summed E-state index contributed by atoms with van der Waals surface area (Å²) in [6.07, 6.45) is 5.50. The molecule has 1 aliphatic rings. The molecule has 1 heterocycles. The summed E-state index contributed by atoms with van der Waals surface area (Å²) < 4.78 is 0. The van der Waals surface area contributed by atoms with Gasteiger partial charge in [0.15, 0.2) is 0 Å². The van der Waals surface area contributed by atoms with Crippen LogP contribution in [-0.4, -0.2) is 23.3 Å². The highest BCUT2D eigenvalue weighted by Crippen LogP contribution is 2.34. The van der Waals surface area contributed by atoms with Crippen LogP contribution in [0.15, 0.2) is 0 Å². The third kappa shape index (κ3) is 4.55. The van der Waals surface area contributed by atoms with Crippen molar-refractivity contribution >= 4 is 0 Å². The van der Waals surface area contributed by atoms with Crippen molar-refractivity contribution < 1.29 is 5.11 Å². The fourth-order valence-corrected chi connectivity index (χ4v) is 3.56. The number of aliphatic hydroxyl groups is 1. The minimum Gasteiger partial charge on any atom is -0.388 e. The molecule has 0 radical (unpaired) electrons. The van der Waals surface area contributed by atoms with Crippen molar-refractivity contribution in [3.05, 3.63) is 0 Å². The van der Waals surface area contributed by atoms with E-state index in [0.717, 1.165) is 31.7 Å². The summed E-state index contributed by atoms with van der Waals surface area (Å²) in [5.74, 6) is 1.90. The van der Waals surface area contributed by atoms with Crippen molar-refractivity contribution in [3.63, 3.8) is 0 Å². The molecule has 18 heavy (non-hydrogen) atoms. The molecule has 0 saturated carbocycles. The summed E-state index contributed by atoms with van der Waals surface area (Å²) in [7, 11) is 0. The predicted molar refractivity (Wildman–Crippen MR) is 78.7 cm³/mol. The Balaban J connectivity index is 2.74. The summed E-state index contributed by atoms with van der Waals surface area (Å²) in [5, 5.41) is 14.7. The second-order valence-corrected chi connectivity index (χ2v) is 7.10. The van der Waals surface area contributed by atoms with Gasteiger partial charge in [-0.05, 0) is 50.0 Å². The van der Waals surface area contributed by atoms with Crippen LogP contribution < -0.4 is 5.32 Å². The largest absolute Gasteiger partial charge is 0.388 e. The van der Waals surface area contributed by atoms with Crippen molar-refractivity contribution in [2.75, 3.05) is 6.54 Å². The Hall–Kier alpha value is -0.0800. The highest BCUT2D eigenvalue weighted by molar-refractivity contribution is 4.96. The zero-order valence-corrected chi connectivity index (χ0v) is 13.0. The first kappa shape index (κ1) is 16.0. The molecule has 2 unspecified atom stereocenters. The molecule has 108 valence electrons. The summed E-state index contributed by atoms with van der Waals surface area (Å²) >= 11 is 0. The van der Waals surface area contributed by atoms with E-state index in [1.54, 1.807) is 0 Å². The van der Waals surface area contributed by atoms with Crippen LogP contribution in [0.4, 0.5) is 0 Å². The third-order valence-corrected chi connectivity index (χ3v) is 4.26. The maximum atomic E-state index is 11.1. The smallest absolute Gasteiger partial charge is 0.0805 e. The molecule has 2 nitrogen and oxygen atoms in total. The lowest BCUT2D eigenvalue weighted by molar-refractivity contribution is -0.0467. The van der Waals surface area contributed by atoms with Crippen LogP contribution in [0.5, 0.6) is 0 Å². The Labute approximate surface area is 114 Å². The molecule has 1 saturated heterocycles. The van der Waals surface area contributed by atoms with Crippen molar-refractivity contribution in [1.82, 2.24) is 5.32 Å². The second-order valence-electron chi connectivity index (χ2n) is 7.10. The highest BCUT2D eigenvalue weighted by atomic mass is 16.3. The Morgan fingerprint density at radius 1 is 1.17 bits per heavy atom. The van der Waals surface area contributed by atoms with E-state index in [1.165, 1.54) is 12.8 Å². The van der Waals surface area contributed by atoms with Crippen LogP contribution in [0.25, 0.3) is 0 Å². The van der Waals surface area contributed by atoms with Crippen molar-refractivity contribution in [1.29, 1.82) is 0 Å². The van der Waals surface area contributed by atoms with Crippen LogP contribution in [0.3, 0.4) is 0 Å². The van der Waals surface area contributed by atoms with E-state index in [9.17, 15) is 5.11 Å². The summed E-state index contributed by atoms with van der Waals surface area (Å²) in [4.78, 5) is 0. The molecule has 1 rings (SSSR count). The molecule has 0 aromatic rings. The lowest BCUT2D eigenvalue weighted by Crippen LogP contribution is -2.55. The lowest BCUT2D eigenvalue weighted by atomic mass is 9.74. The number of nitrogens with one attached hydrogen (secondary N) is 1. The maximum Gasteiger partial charge on any atom is 0.0805 e. The van der Waals surface area contributed by atoms with Gasteiger partial charge in [-0.2, -0.15) is 0 Å². The van der Waals surface area contributed by atoms with Gasteiger partial charge in [-0.25, -0.2) is 0 Å². The van der Waals surface area contributed by atoms with Crippen molar-refractivity contribution in [3.8, 4) is 0 Å². The molecule has 0 aromatic carbocycles. The van der Waals surface area contributed by atoms with Gasteiger partial charge >= 0.3 is 0 Å². The average molecular weight is 255 g/mol. The van der Waals surface area contributed by atoms with Crippen LogP contribution >= 0.6 is 0 Å². The van der Waals surface area contributed by atoms with Gasteiger partial charge in [0, 0.05) is 6.04 Å². The molecule has 0 aromatic heterocycles. The summed E-state index contributed by atoms with van der Waals surface area (Å²) in [6.45, 7) is 12.2. The molecular formula is C16H33NO. The molecule has 0 aliphatic carbocycles. The predicted octanol–water partition coefficient (Wildman–Crippen LogP) is 3.59. The minimum atomic E-state index is -0.518. The van der Waals surface area contributed by atoms with E-state index in [-0.39, 0.29) is 0 Å². The van der Waals surface area contributed by atoms with Crippen LogP contribution in [-0.2, 0) is 0 Å². The zero-order valence-electron chi connectivity index (χ0n) is 13.0. The summed E-state index contributed by atoms with van der Waals surface area (Å²) in [6, 6.07) is 0.293. The Morgan fingerprint density at radius 3 is 2.17 bits per heavy atom. The fraction of sp³-hybridized carbons (Fsp3) is 1.00. The van der Waals surface area contributed by atoms with Gasteiger partial charge in [-0.3, -0.25) is 0 Å². The SMILES string of the molecule is CCC1CCNC(C(O)(CC(C)C)CC(C)C)C1. The molecule has 2 heteroatoms. The second kappa shape index (κ2) is 6.91. The van der Waals surface area contributed by atoms with Crippen LogP contribution in [0.1, 0.15) is 66.7 Å². The molecule has 2 N–H and O–H groups in total. The quantitative estimate of drug-likeness (QED) is 0.760. The molecule has 0 bridgehead atoms. The third-order valence-electron chi connectivity index (χ3n) is 4.26. The maximum absolute atomic E-state index is 11.1. The number of rotatable bonds is 6. The molecule has 0 spiro atoms. The number of hydrogen-bond donors (Lipinski definition) is 2. The number of piperidine rings is 1. The van der Waals surface area contributed by atoms with E-state index in [2.05, 4.69) is 39.9 Å². The number of hydrogen-bond acceptors (Lipinski definition) is 2. The topological polar surface area (TPSA) is 32.3 Å². The van der Waals surface area contributed by atoms with E-state index < -0.39 is 5.60 Å². The van der Waals surface area contributed by atoms with Gasteiger partial charge in [0.05, 0.1) is 5.60 Å². The van der Waals surface area contributed by atoms with Gasteiger partial charge < -0.3 is 10.4 Å². The fourth-order valence-electron chi connectivity index (χ4n) is 3.56. The molecule has 1 fully saturated rings. The van der Waals surface area contributed by atoms with Gasteiger partial charge in [0.2, 0.25) is 0 Å². The van der Waals surface area contributed by atoms with Gasteiger partial charge in [-0.15, -0.1) is 0 Å². The van der Waals surface area contributed by atoms with Crippen molar-refractivity contribution in [2.24, 2.45) is 17.8 Å². The first-order valence-corrected chi connectivity index (χ1v) is 7.83.